The second-order valence-electron chi connectivity index (χ2n) is 3.87. The minimum Gasteiger partial charge on any atom is -0.477 e. The number of aromatic nitrogens is 1. The first-order chi connectivity index (χ1) is 8.31. The number of carboxylic acids is 1. The zero-order valence-electron chi connectivity index (χ0n) is 9.83. The smallest absolute Gasteiger partial charge is 0.411 e. The van der Waals surface area contributed by atoms with Gasteiger partial charge in [0.05, 0.1) is 0 Å². The number of nitrogens with zero attached hydrogens (tertiary/aromatic N) is 1. The number of aryl methyl sites for hydroxylation is 2. The van der Waals surface area contributed by atoms with Gasteiger partial charge in [-0.25, -0.2) is 4.79 Å². The number of aromatic carboxylic acids is 1. The van der Waals surface area contributed by atoms with Gasteiger partial charge in [-0.2, -0.15) is 13.2 Å². The Morgan fingerprint density at radius 2 is 2.17 bits per heavy atom. The average molecular weight is 265 g/mol. The van der Waals surface area contributed by atoms with Gasteiger partial charge in [0.15, 0.2) is 0 Å². The molecule has 1 heterocycles. The molecule has 0 aliphatic carbocycles. The third-order valence-electron chi connectivity index (χ3n) is 2.32. The molecule has 0 aliphatic rings. The van der Waals surface area contributed by atoms with E-state index >= 15 is 0 Å². The van der Waals surface area contributed by atoms with Crippen molar-refractivity contribution in [3.05, 3.63) is 23.5 Å². The van der Waals surface area contributed by atoms with Crippen LogP contribution in [0, 0.1) is 6.92 Å². The number of hydrogen-bond donors (Lipinski definition) is 1. The molecule has 1 aromatic heterocycles. The van der Waals surface area contributed by atoms with Crippen LogP contribution in [0.15, 0.2) is 12.3 Å². The summed E-state index contributed by atoms with van der Waals surface area (Å²) in [5.41, 5.74) is 0.782. The van der Waals surface area contributed by atoms with E-state index in [1.54, 1.807) is 19.2 Å². The number of ether oxygens (including phenoxy) is 1. The van der Waals surface area contributed by atoms with E-state index in [1.807, 2.05) is 0 Å². The summed E-state index contributed by atoms with van der Waals surface area (Å²) in [5, 5.41) is 8.94. The SMILES string of the molecule is Cc1ccn(CCCOCC(F)(F)F)c1C(=O)O. The molecule has 0 bridgehead atoms. The molecule has 4 nitrogen and oxygen atoms in total. The van der Waals surface area contributed by atoms with Gasteiger partial charge in [0.1, 0.15) is 12.3 Å². The molecular formula is C11H14F3NO3. The minimum absolute atomic E-state index is 0.0597. The Morgan fingerprint density at radius 1 is 1.50 bits per heavy atom. The summed E-state index contributed by atoms with van der Waals surface area (Å²) in [7, 11) is 0. The lowest BCUT2D eigenvalue weighted by molar-refractivity contribution is -0.174. The fourth-order valence-corrected chi connectivity index (χ4v) is 1.58. The van der Waals surface area contributed by atoms with Gasteiger partial charge in [0, 0.05) is 19.3 Å². The molecule has 18 heavy (non-hydrogen) atoms. The van der Waals surface area contributed by atoms with E-state index in [2.05, 4.69) is 4.74 Å². The molecule has 0 radical (unpaired) electrons. The zero-order chi connectivity index (χ0) is 13.8. The number of hydrogen-bond acceptors (Lipinski definition) is 2. The van der Waals surface area contributed by atoms with Gasteiger partial charge in [-0.3, -0.25) is 0 Å². The Bertz CT molecular complexity index is 412. The highest BCUT2D eigenvalue weighted by Crippen LogP contribution is 2.15. The quantitative estimate of drug-likeness (QED) is 0.804. The molecule has 1 N–H and O–H groups in total. The van der Waals surface area contributed by atoms with Crippen molar-refractivity contribution in [1.82, 2.24) is 4.57 Å². The maximum Gasteiger partial charge on any atom is 0.411 e. The lowest BCUT2D eigenvalue weighted by Crippen LogP contribution is -2.18. The predicted molar refractivity (Wildman–Crippen MR) is 57.6 cm³/mol. The van der Waals surface area contributed by atoms with Gasteiger partial charge < -0.3 is 14.4 Å². The van der Waals surface area contributed by atoms with Crippen molar-refractivity contribution in [2.45, 2.75) is 26.1 Å². The van der Waals surface area contributed by atoms with Crippen LogP contribution in [0.1, 0.15) is 22.5 Å². The van der Waals surface area contributed by atoms with Crippen LogP contribution in [0.2, 0.25) is 0 Å². The van der Waals surface area contributed by atoms with E-state index in [0.717, 1.165) is 0 Å². The topological polar surface area (TPSA) is 51.5 Å². The van der Waals surface area contributed by atoms with Gasteiger partial charge >= 0.3 is 12.1 Å². The molecule has 102 valence electrons. The lowest BCUT2D eigenvalue weighted by Gasteiger charge is -2.09. The molecule has 0 fully saturated rings. The molecule has 0 saturated carbocycles. The lowest BCUT2D eigenvalue weighted by atomic mass is 10.3. The van der Waals surface area contributed by atoms with Crippen LogP contribution in [0.3, 0.4) is 0 Å². The number of alkyl halides is 3. The van der Waals surface area contributed by atoms with Crippen LogP contribution in [0.4, 0.5) is 13.2 Å². The second-order valence-corrected chi connectivity index (χ2v) is 3.87. The van der Waals surface area contributed by atoms with Crippen molar-refractivity contribution >= 4 is 5.97 Å². The molecule has 0 atom stereocenters. The number of rotatable bonds is 6. The average Bonchev–Trinajstić information content (AvgIpc) is 2.57. The molecule has 0 amide bonds. The van der Waals surface area contributed by atoms with Gasteiger partial charge in [-0.15, -0.1) is 0 Å². The molecule has 0 unspecified atom stereocenters. The zero-order valence-corrected chi connectivity index (χ0v) is 9.83. The van der Waals surface area contributed by atoms with Crippen molar-refractivity contribution in [2.75, 3.05) is 13.2 Å². The van der Waals surface area contributed by atoms with Crippen molar-refractivity contribution in [3.63, 3.8) is 0 Å². The normalized spacial score (nSPS) is 11.8. The number of carboxylic acid groups (broad SMARTS) is 1. The van der Waals surface area contributed by atoms with Gasteiger partial charge in [-0.05, 0) is 25.0 Å². The minimum atomic E-state index is -4.32. The van der Waals surface area contributed by atoms with Crippen LogP contribution >= 0.6 is 0 Å². The molecule has 0 aliphatic heterocycles. The first kappa shape index (κ1) is 14.6. The van der Waals surface area contributed by atoms with Crippen molar-refractivity contribution in [3.8, 4) is 0 Å². The third-order valence-corrected chi connectivity index (χ3v) is 2.32. The molecule has 7 heteroatoms. The van der Waals surface area contributed by atoms with Crippen molar-refractivity contribution < 1.29 is 27.8 Å². The maximum absolute atomic E-state index is 11.8. The molecule has 0 aromatic carbocycles. The van der Waals surface area contributed by atoms with E-state index in [4.69, 9.17) is 5.11 Å². The van der Waals surface area contributed by atoms with Crippen LogP contribution < -0.4 is 0 Å². The summed E-state index contributed by atoms with van der Waals surface area (Å²) in [6, 6.07) is 1.65. The summed E-state index contributed by atoms with van der Waals surface area (Å²) in [6.45, 7) is 0.646. The fraction of sp³-hybridized carbons (Fsp3) is 0.545. The monoisotopic (exact) mass is 265 g/mol. The Hall–Kier alpha value is -1.50. The summed E-state index contributed by atoms with van der Waals surface area (Å²) >= 11 is 0. The Balaban J connectivity index is 2.38. The van der Waals surface area contributed by atoms with Crippen molar-refractivity contribution in [1.29, 1.82) is 0 Å². The van der Waals surface area contributed by atoms with Gasteiger partial charge in [0.25, 0.3) is 0 Å². The van der Waals surface area contributed by atoms with E-state index < -0.39 is 18.8 Å². The van der Waals surface area contributed by atoms with E-state index in [0.29, 0.717) is 18.5 Å². The predicted octanol–water partition coefficient (Wildman–Crippen LogP) is 2.46. The highest BCUT2D eigenvalue weighted by atomic mass is 19.4. The second kappa shape index (κ2) is 5.90. The molecule has 0 spiro atoms. The summed E-state index contributed by atoms with van der Waals surface area (Å²) in [4.78, 5) is 10.9. The number of halogens is 3. The molecule has 1 rings (SSSR count). The van der Waals surface area contributed by atoms with Crippen LogP contribution in [-0.2, 0) is 11.3 Å². The molecule has 1 aromatic rings. The van der Waals surface area contributed by atoms with Gasteiger partial charge in [0.2, 0.25) is 0 Å². The standard InChI is InChI=1S/C11H14F3NO3/c1-8-3-5-15(9(8)10(16)17)4-2-6-18-7-11(12,13)14/h3,5H,2,4,6-7H2,1H3,(H,16,17). The van der Waals surface area contributed by atoms with Crippen LogP contribution in [-0.4, -0.2) is 35.0 Å². The third kappa shape index (κ3) is 4.40. The van der Waals surface area contributed by atoms with Crippen molar-refractivity contribution in [2.24, 2.45) is 0 Å². The highest BCUT2D eigenvalue weighted by Gasteiger charge is 2.27. The van der Waals surface area contributed by atoms with E-state index in [9.17, 15) is 18.0 Å². The van der Waals surface area contributed by atoms with Gasteiger partial charge in [-0.1, -0.05) is 0 Å². The highest BCUT2D eigenvalue weighted by molar-refractivity contribution is 5.87. The Labute approximate surface area is 102 Å². The largest absolute Gasteiger partial charge is 0.477 e. The first-order valence-electron chi connectivity index (χ1n) is 5.35. The van der Waals surface area contributed by atoms with Crippen LogP contribution in [0.25, 0.3) is 0 Å². The molecule has 0 saturated heterocycles. The fourth-order valence-electron chi connectivity index (χ4n) is 1.58. The first-order valence-corrected chi connectivity index (χ1v) is 5.35. The number of carbonyl (C=O) groups is 1. The molecular weight excluding hydrogens is 251 g/mol. The Kier molecular flexibility index (Phi) is 4.77. The van der Waals surface area contributed by atoms with E-state index in [1.165, 1.54) is 4.57 Å². The summed E-state index contributed by atoms with van der Waals surface area (Å²) in [5.74, 6) is -1.05. The summed E-state index contributed by atoms with van der Waals surface area (Å²) < 4.78 is 41.2. The maximum atomic E-state index is 11.8. The summed E-state index contributed by atoms with van der Waals surface area (Å²) in [6.07, 6.45) is -2.40. The van der Waals surface area contributed by atoms with Crippen LogP contribution in [0.5, 0.6) is 0 Å². The Morgan fingerprint density at radius 3 is 2.72 bits per heavy atom. The van der Waals surface area contributed by atoms with E-state index in [-0.39, 0.29) is 12.3 Å².